The first-order valence-electron chi connectivity index (χ1n) is 25.5. The first-order valence-corrected chi connectivity index (χ1v) is 27.1. The minimum absolute atomic E-state index is 0.0818. The van der Waals surface area contributed by atoms with Crippen molar-refractivity contribution in [3.05, 3.63) is 129 Å². The van der Waals surface area contributed by atoms with Crippen LogP contribution in [0.5, 0.6) is 11.5 Å². The summed E-state index contributed by atoms with van der Waals surface area (Å²) in [5, 5.41) is 15.4. The SMILES string of the molecule is CN[C@@H](C)C(=O)N[C@H]1CN(C(=O)CCCCCCC(=O)N2C[C@H](NC(=O)[C@H](C)NC)C(=O)N(Cc3c(OC)ccc4cc(Br)ccc34)c3ccccc32)c2ccccc2N(Cc2c(OC)ccc3cc(Br)ccc23)C1=O. The number of anilines is 4. The highest BCUT2D eigenvalue weighted by molar-refractivity contribution is 9.10. The summed E-state index contributed by atoms with van der Waals surface area (Å²) >= 11 is 7.14. The number of carbonyl (C=O) groups excluding carboxylic acids is 6. The minimum atomic E-state index is -1.07. The Labute approximate surface area is 460 Å². The Balaban J connectivity index is 0.985. The number of carbonyl (C=O) groups is 6. The molecular weight excluding hydrogens is 1100 g/mol. The van der Waals surface area contributed by atoms with E-state index in [9.17, 15) is 28.8 Å². The van der Waals surface area contributed by atoms with E-state index in [-0.39, 0.29) is 74.5 Å². The van der Waals surface area contributed by atoms with Crippen LogP contribution in [0, 0.1) is 0 Å². The number of hydrogen-bond donors (Lipinski definition) is 4. The maximum absolute atomic E-state index is 14.8. The van der Waals surface area contributed by atoms with Crippen molar-refractivity contribution in [3.63, 3.8) is 0 Å². The molecule has 2 aliphatic rings. The maximum atomic E-state index is 14.8. The second kappa shape index (κ2) is 24.9. The zero-order valence-electron chi connectivity index (χ0n) is 43.6. The average molecular weight is 1160 g/mol. The van der Waals surface area contributed by atoms with E-state index in [0.29, 0.717) is 59.9 Å². The Bertz CT molecular complexity index is 2960. The van der Waals surface area contributed by atoms with Gasteiger partial charge in [-0.2, -0.15) is 0 Å². The number of methoxy groups -OCH3 is 2. The van der Waals surface area contributed by atoms with Crippen LogP contribution in [-0.4, -0.2) is 101 Å². The lowest BCUT2D eigenvalue weighted by atomic mass is 10.0. The third kappa shape index (κ3) is 12.0. The summed E-state index contributed by atoms with van der Waals surface area (Å²) in [6, 6.07) is 30.7. The van der Waals surface area contributed by atoms with Gasteiger partial charge in [-0.25, -0.2) is 0 Å². The van der Waals surface area contributed by atoms with Crippen LogP contribution in [0.25, 0.3) is 21.5 Å². The van der Waals surface area contributed by atoms with Crippen molar-refractivity contribution in [2.45, 2.75) is 89.6 Å². The van der Waals surface area contributed by atoms with Gasteiger partial charge in [0, 0.05) is 32.9 Å². The molecule has 2 aliphatic heterocycles. The highest BCUT2D eigenvalue weighted by Crippen LogP contribution is 2.40. The molecule has 6 aromatic rings. The topological polar surface area (TPSA) is 182 Å². The summed E-state index contributed by atoms with van der Waals surface area (Å²) in [5.74, 6) is -0.740. The molecule has 76 heavy (non-hydrogen) atoms. The Morgan fingerprint density at radius 1 is 0.553 bits per heavy atom. The van der Waals surface area contributed by atoms with Gasteiger partial charge in [-0.3, -0.25) is 28.8 Å². The van der Waals surface area contributed by atoms with E-state index in [0.717, 1.165) is 41.6 Å². The van der Waals surface area contributed by atoms with Crippen molar-refractivity contribution in [2.75, 3.05) is 61.0 Å². The van der Waals surface area contributed by atoms with Crippen LogP contribution in [0.15, 0.2) is 118 Å². The molecule has 0 bridgehead atoms. The number of ether oxygens (including phenoxy) is 2. The first-order chi connectivity index (χ1) is 36.6. The lowest BCUT2D eigenvalue weighted by molar-refractivity contribution is -0.128. The lowest BCUT2D eigenvalue weighted by Crippen LogP contribution is -2.55. The van der Waals surface area contributed by atoms with Gasteiger partial charge < -0.3 is 50.3 Å². The number of nitrogens with one attached hydrogen (secondary N) is 4. The smallest absolute Gasteiger partial charge is 0.251 e. The van der Waals surface area contributed by atoms with Crippen molar-refractivity contribution in [1.29, 1.82) is 0 Å². The molecule has 0 aromatic heterocycles. The molecule has 0 spiro atoms. The molecule has 18 heteroatoms. The number of rotatable bonds is 19. The minimum Gasteiger partial charge on any atom is -0.496 e. The molecular formula is C58H64Br2N8O8. The van der Waals surface area contributed by atoms with Gasteiger partial charge in [-0.15, -0.1) is 0 Å². The molecule has 0 fully saturated rings. The van der Waals surface area contributed by atoms with Gasteiger partial charge in [0.15, 0.2) is 0 Å². The standard InChI is InChI=1S/C58H64Br2N8O8/c1-35(61-3)55(71)63-45-33-65(47-15-11-13-17-49(47)67(57(45)73)31-43-41-25-23-39(59)29-37(41)21-27-51(43)75-5)53(69)19-9-7-8-10-20-54(70)66-34-46(64-56(72)36(2)62-4)58(74)68(50-18-14-12-16-48(50)66)32-44-42-26-24-40(60)30-38(42)22-28-52(44)76-6/h11-18,21-30,35-36,45-46,61-62H,7-10,19-20,31-34H2,1-6H3,(H,63,71)(H,64,72)/t35-,36-,45-,46-/m0/s1. The van der Waals surface area contributed by atoms with E-state index < -0.39 is 24.2 Å². The van der Waals surface area contributed by atoms with Gasteiger partial charge in [0.05, 0.1) is 75.2 Å². The zero-order valence-corrected chi connectivity index (χ0v) is 46.8. The summed E-state index contributed by atoms with van der Waals surface area (Å²) in [4.78, 5) is 91.9. The fourth-order valence-electron chi connectivity index (χ4n) is 9.93. The van der Waals surface area contributed by atoms with Crippen molar-refractivity contribution >= 4 is 112 Å². The predicted octanol–water partition coefficient (Wildman–Crippen LogP) is 8.52. The fourth-order valence-corrected chi connectivity index (χ4v) is 10.7. The van der Waals surface area contributed by atoms with Crippen molar-refractivity contribution < 1.29 is 38.2 Å². The van der Waals surface area contributed by atoms with Crippen LogP contribution in [0.1, 0.15) is 63.5 Å². The number of unbranched alkanes of at least 4 members (excludes halogenated alkanes) is 3. The van der Waals surface area contributed by atoms with E-state index >= 15 is 0 Å². The van der Waals surface area contributed by atoms with E-state index in [1.165, 1.54) is 0 Å². The number of amides is 6. The largest absolute Gasteiger partial charge is 0.496 e. The zero-order chi connectivity index (χ0) is 54.2. The number of hydrogen-bond acceptors (Lipinski definition) is 10. The van der Waals surface area contributed by atoms with Crippen LogP contribution >= 0.6 is 31.9 Å². The van der Waals surface area contributed by atoms with Crippen LogP contribution in [-0.2, 0) is 41.9 Å². The summed E-state index contributed by atoms with van der Waals surface area (Å²) in [7, 11) is 6.50. The molecule has 4 N–H and O–H groups in total. The third-order valence-corrected chi connectivity index (χ3v) is 15.4. The molecule has 8 rings (SSSR count). The number of fused-ring (bicyclic) bond motifs is 4. The van der Waals surface area contributed by atoms with Crippen molar-refractivity contribution in [3.8, 4) is 11.5 Å². The number of likely N-dealkylation sites (N-methyl/N-ethyl adjacent to an activating group) is 2. The fraction of sp³-hybridized carbons (Fsp3) is 0.345. The van der Waals surface area contributed by atoms with E-state index in [2.05, 4.69) is 53.1 Å². The van der Waals surface area contributed by atoms with Gasteiger partial charge in [0.1, 0.15) is 23.6 Å². The Morgan fingerprint density at radius 3 is 1.30 bits per heavy atom. The molecule has 0 saturated heterocycles. The summed E-state index contributed by atoms with van der Waals surface area (Å²) < 4.78 is 13.5. The molecule has 398 valence electrons. The van der Waals surface area contributed by atoms with E-state index in [4.69, 9.17) is 9.47 Å². The van der Waals surface area contributed by atoms with Crippen LogP contribution in [0.2, 0.25) is 0 Å². The molecule has 4 atom stereocenters. The Morgan fingerprint density at radius 2 is 0.934 bits per heavy atom. The predicted molar refractivity (Wildman–Crippen MR) is 305 cm³/mol. The van der Waals surface area contributed by atoms with Crippen molar-refractivity contribution in [2.24, 2.45) is 0 Å². The van der Waals surface area contributed by atoms with Gasteiger partial charge in [-0.05, 0) is 123 Å². The number of halogens is 2. The maximum Gasteiger partial charge on any atom is 0.251 e. The van der Waals surface area contributed by atoms with E-state index in [1.54, 1.807) is 61.8 Å². The average Bonchev–Trinajstić information content (AvgIpc) is 3.61. The van der Waals surface area contributed by atoms with Gasteiger partial charge in [0.2, 0.25) is 23.6 Å². The lowest BCUT2D eigenvalue weighted by Gasteiger charge is -2.27. The molecule has 0 radical (unpaired) electrons. The summed E-state index contributed by atoms with van der Waals surface area (Å²) in [6.45, 7) is 3.45. The van der Waals surface area contributed by atoms with Gasteiger partial charge >= 0.3 is 0 Å². The molecule has 6 aromatic carbocycles. The second-order valence-electron chi connectivity index (χ2n) is 19.1. The normalized spacial score (nSPS) is 16.4. The highest BCUT2D eigenvalue weighted by atomic mass is 79.9. The second-order valence-corrected chi connectivity index (χ2v) is 20.9. The molecule has 2 heterocycles. The molecule has 6 amide bonds. The molecule has 16 nitrogen and oxygen atoms in total. The van der Waals surface area contributed by atoms with Crippen molar-refractivity contribution in [1.82, 2.24) is 21.3 Å². The monoisotopic (exact) mass is 1160 g/mol. The van der Waals surface area contributed by atoms with Crippen LogP contribution in [0.4, 0.5) is 22.7 Å². The number of para-hydroxylation sites is 4. The summed E-state index contributed by atoms with van der Waals surface area (Å²) in [5.41, 5.74) is 3.68. The molecule has 0 saturated carbocycles. The summed E-state index contributed by atoms with van der Waals surface area (Å²) in [6.07, 6.45) is 2.56. The number of nitrogens with zero attached hydrogens (tertiary/aromatic N) is 4. The molecule has 0 unspecified atom stereocenters. The number of benzene rings is 6. The first kappa shape index (κ1) is 55.4. The quantitative estimate of drug-likeness (QED) is 0.0574. The van der Waals surface area contributed by atoms with E-state index in [1.807, 2.05) is 109 Å². The highest BCUT2D eigenvalue weighted by Gasteiger charge is 2.40. The Hall–Kier alpha value is -6.86. The van der Waals surface area contributed by atoms with Crippen LogP contribution < -0.4 is 50.3 Å². The third-order valence-electron chi connectivity index (χ3n) is 14.4. The Kier molecular flexibility index (Phi) is 18.1. The van der Waals surface area contributed by atoms with Gasteiger partial charge in [-0.1, -0.05) is 93.2 Å². The van der Waals surface area contributed by atoms with Gasteiger partial charge in [0.25, 0.3) is 11.8 Å². The molecule has 0 aliphatic carbocycles. The van der Waals surface area contributed by atoms with Crippen LogP contribution in [0.3, 0.4) is 0 Å².